The predicted octanol–water partition coefficient (Wildman–Crippen LogP) is 2.44. The van der Waals surface area contributed by atoms with E-state index in [2.05, 4.69) is 39.0 Å². The molecular weight excluding hydrogens is 441 g/mol. The lowest BCUT2D eigenvalue weighted by Crippen LogP contribution is -2.53. The van der Waals surface area contributed by atoms with Crippen LogP contribution >= 0.6 is 24.0 Å². The highest BCUT2D eigenvalue weighted by atomic mass is 127. The molecule has 6 nitrogen and oxygen atoms in total. The van der Waals surface area contributed by atoms with E-state index in [1.165, 1.54) is 12.8 Å². The number of rotatable bonds is 7. The average Bonchev–Trinajstić information content (AvgIpc) is 2.64. The second kappa shape index (κ2) is 12.2. The van der Waals surface area contributed by atoms with Gasteiger partial charge in [-0.25, -0.2) is 0 Å². The zero-order chi connectivity index (χ0) is 18.1. The SMILES string of the molecule is CCCCN(C)CCNC(=NC)N1CCN(c2ccccc2O)CC1.I. The Balaban J connectivity index is 0.00000338. The van der Waals surface area contributed by atoms with Crippen molar-refractivity contribution < 1.29 is 5.11 Å². The van der Waals surface area contributed by atoms with Gasteiger partial charge in [0, 0.05) is 46.3 Å². The molecule has 0 radical (unpaired) electrons. The number of aliphatic imine (C=N–C) groups is 1. The normalized spacial score (nSPS) is 15.2. The van der Waals surface area contributed by atoms with Gasteiger partial charge in [-0.2, -0.15) is 0 Å². The Morgan fingerprint density at radius 1 is 1.19 bits per heavy atom. The third-order valence-electron chi connectivity index (χ3n) is 4.68. The molecule has 0 aromatic heterocycles. The van der Waals surface area contributed by atoms with Crippen LogP contribution in [0.2, 0.25) is 0 Å². The molecule has 1 aromatic carbocycles. The number of anilines is 1. The number of guanidine groups is 1. The van der Waals surface area contributed by atoms with Gasteiger partial charge >= 0.3 is 0 Å². The molecule has 26 heavy (non-hydrogen) atoms. The van der Waals surface area contributed by atoms with E-state index < -0.39 is 0 Å². The van der Waals surface area contributed by atoms with Gasteiger partial charge < -0.3 is 25.1 Å². The van der Waals surface area contributed by atoms with Gasteiger partial charge in [-0.1, -0.05) is 25.5 Å². The van der Waals surface area contributed by atoms with Gasteiger partial charge in [-0.3, -0.25) is 4.99 Å². The molecule has 0 spiro atoms. The Kier molecular flexibility index (Phi) is 10.7. The average molecular weight is 475 g/mol. The number of unbranched alkanes of at least 4 members (excludes halogenated alkanes) is 1. The molecule has 2 rings (SSSR count). The number of phenols is 1. The maximum atomic E-state index is 10.0. The van der Waals surface area contributed by atoms with Crippen molar-refractivity contribution in [2.24, 2.45) is 4.99 Å². The van der Waals surface area contributed by atoms with Gasteiger partial charge in [0.1, 0.15) is 5.75 Å². The van der Waals surface area contributed by atoms with Crippen molar-refractivity contribution in [3.05, 3.63) is 24.3 Å². The van der Waals surface area contributed by atoms with Crippen LogP contribution < -0.4 is 10.2 Å². The first-order chi connectivity index (χ1) is 12.2. The van der Waals surface area contributed by atoms with Gasteiger partial charge in [-0.05, 0) is 32.1 Å². The van der Waals surface area contributed by atoms with Gasteiger partial charge in [0.25, 0.3) is 0 Å². The number of benzene rings is 1. The number of likely N-dealkylation sites (N-methyl/N-ethyl adjacent to an activating group) is 1. The van der Waals surface area contributed by atoms with Crippen molar-refractivity contribution in [3.8, 4) is 5.75 Å². The summed E-state index contributed by atoms with van der Waals surface area (Å²) in [6, 6.07) is 7.55. The first-order valence-electron chi connectivity index (χ1n) is 9.32. The van der Waals surface area contributed by atoms with Crippen molar-refractivity contribution in [2.45, 2.75) is 19.8 Å². The number of hydrogen-bond acceptors (Lipinski definition) is 4. The molecule has 2 N–H and O–H groups in total. The molecule has 0 atom stereocenters. The Morgan fingerprint density at radius 3 is 2.50 bits per heavy atom. The van der Waals surface area contributed by atoms with Crippen LogP contribution in [0.5, 0.6) is 5.75 Å². The third-order valence-corrected chi connectivity index (χ3v) is 4.68. The molecule has 1 fully saturated rings. The van der Waals surface area contributed by atoms with E-state index in [1.54, 1.807) is 6.07 Å². The van der Waals surface area contributed by atoms with Crippen LogP contribution in [-0.2, 0) is 0 Å². The van der Waals surface area contributed by atoms with Crippen molar-refractivity contribution in [2.75, 3.05) is 64.8 Å². The molecule has 1 aliphatic rings. The number of halogens is 1. The first-order valence-corrected chi connectivity index (χ1v) is 9.32. The molecule has 0 aliphatic carbocycles. The summed E-state index contributed by atoms with van der Waals surface area (Å²) in [6.07, 6.45) is 2.49. The van der Waals surface area contributed by atoms with Gasteiger partial charge in [0.15, 0.2) is 5.96 Å². The number of aromatic hydroxyl groups is 1. The van der Waals surface area contributed by atoms with E-state index in [9.17, 15) is 5.11 Å². The summed E-state index contributed by atoms with van der Waals surface area (Å²) >= 11 is 0. The van der Waals surface area contributed by atoms with E-state index in [4.69, 9.17) is 0 Å². The van der Waals surface area contributed by atoms with E-state index in [-0.39, 0.29) is 24.0 Å². The zero-order valence-corrected chi connectivity index (χ0v) is 18.6. The molecule has 148 valence electrons. The van der Waals surface area contributed by atoms with E-state index >= 15 is 0 Å². The Morgan fingerprint density at radius 2 is 1.88 bits per heavy atom. The summed E-state index contributed by atoms with van der Waals surface area (Å²) in [4.78, 5) is 11.3. The summed E-state index contributed by atoms with van der Waals surface area (Å²) in [5, 5.41) is 13.5. The molecule has 1 heterocycles. The second-order valence-corrected chi connectivity index (χ2v) is 6.59. The van der Waals surface area contributed by atoms with Crippen LogP contribution in [0.1, 0.15) is 19.8 Å². The molecule has 0 unspecified atom stereocenters. The number of para-hydroxylation sites is 2. The minimum absolute atomic E-state index is 0. The minimum Gasteiger partial charge on any atom is -0.506 e. The minimum atomic E-state index is 0. The van der Waals surface area contributed by atoms with Crippen molar-refractivity contribution in [3.63, 3.8) is 0 Å². The van der Waals surface area contributed by atoms with E-state index in [1.807, 2.05) is 25.2 Å². The quantitative estimate of drug-likeness (QED) is 0.361. The Bertz CT molecular complexity index is 546. The van der Waals surface area contributed by atoms with Gasteiger partial charge in [0.05, 0.1) is 5.69 Å². The monoisotopic (exact) mass is 475 g/mol. The van der Waals surface area contributed by atoms with Crippen LogP contribution in [0, 0.1) is 0 Å². The Labute approximate surface area is 175 Å². The number of nitrogens with one attached hydrogen (secondary N) is 1. The van der Waals surface area contributed by atoms with Crippen LogP contribution in [0.3, 0.4) is 0 Å². The van der Waals surface area contributed by atoms with Crippen LogP contribution in [0.15, 0.2) is 29.3 Å². The van der Waals surface area contributed by atoms with Crippen LogP contribution in [-0.4, -0.2) is 80.8 Å². The molecule has 0 bridgehead atoms. The topological polar surface area (TPSA) is 54.3 Å². The number of hydrogen-bond donors (Lipinski definition) is 2. The standard InChI is InChI=1S/C19H33N5O.HI/c1-4-5-11-22(3)12-10-21-19(20-2)24-15-13-23(14-16-24)17-8-6-7-9-18(17)25;/h6-9,25H,4-5,10-16H2,1-3H3,(H,20,21);1H. The highest BCUT2D eigenvalue weighted by Gasteiger charge is 2.21. The van der Waals surface area contributed by atoms with E-state index in [0.29, 0.717) is 5.75 Å². The summed E-state index contributed by atoms with van der Waals surface area (Å²) in [6.45, 7) is 8.88. The first kappa shape index (κ1) is 22.8. The highest BCUT2D eigenvalue weighted by molar-refractivity contribution is 14.0. The fraction of sp³-hybridized carbons (Fsp3) is 0.632. The van der Waals surface area contributed by atoms with Crippen LogP contribution in [0.4, 0.5) is 5.69 Å². The summed E-state index contributed by atoms with van der Waals surface area (Å²) in [7, 11) is 4.02. The summed E-state index contributed by atoms with van der Waals surface area (Å²) in [5.74, 6) is 1.33. The van der Waals surface area contributed by atoms with Crippen LogP contribution in [0.25, 0.3) is 0 Å². The zero-order valence-electron chi connectivity index (χ0n) is 16.3. The second-order valence-electron chi connectivity index (χ2n) is 6.59. The summed E-state index contributed by atoms with van der Waals surface area (Å²) in [5.41, 5.74) is 0.919. The van der Waals surface area contributed by atoms with Crippen molar-refractivity contribution >= 4 is 35.6 Å². The Hall–Kier alpha value is -1.22. The molecule has 1 aliphatic heterocycles. The number of nitrogens with zero attached hydrogens (tertiary/aromatic N) is 4. The smallest absolute Gasteiger partial charge is 0.193 e. The number of phenolic OH excluding ortho intramolecular Hbond substituents is 1. The maximum absolute atomic E-state index is 10.0. The molecule has 7 heteroatoms. The van der Waals surface area contributed by atoms with Crippen molar-refractivity contribution in [1.82, 2.24) is 15.1 Å². The summed E-state index contributed by atoms with van der Waals surface area (Å²) < 4.78 is 0. The van der Waals surface area contributed by atoms with Crippen molar-refractivity contribution in [1.29, 1.82) is 0 Å². The maximum Gasteiger partial charge on any atom is 0.193 e. The van der Waals surface area contributed by atoms with Gasteiger partial charge in [0.2, 0.25) is 0 Å². The highest BCUT2D eigenvalue weighted by Crippen LogP contribution is 2.27. The molecule has 1 saturated heterocycles. The fourth-order valence-electron chi connectivity index (χ4n) is 3.12. The molecular formula is C19H34IN5O. The molecule has 1 aromatic rings. The van der Waals surface area contributed by atoms with E-state index in [0.717, 1.165) is 57.5 Å². The number of piperazine rings is 1. The molecule has 0 amide bonds. The van der Waals surface area contributed by atoms with Gasteiger partial charge in [-0.15, -0.1) is 24.0 Å². The largest absolute Gasteiger partial charge is 0.506 e. The lowest BCUT2D eigenvalue weighted by Gasteiger charge is -2.38. The third kappa shape index (κ3) is 6.83. The predicted molar refractivity (Wildman–Crippen MR) is 121 cm³/mol. The lowest BCUT2D eigenvalue weighted by molar-refractivity contribution is 0.325. The fourth-order valence-corrected chi connectivity index (χ4v) is 3.12. The lowest BCUT2D eigenvalue weighted by atomic mass is 10.2. The molecule has 0 saturated carbocycles.